The molecule has 0 bridgehead atoms. The monoisotopic (exact) mass is 186 g/mol. The Kier molecular flexibility index (Phi) is 10.0. The highest BCUT2D eigenvalue weighted by atomic mass is 16.2. The van der Waals surface area contributed by atoms with Gasteiger partial charge in [0.25, 0.3) is 0 Å². The van der Waals surface area contributed by atoms with E-state index in [9.17, 15) is 0 Å². The smallest absolute Gasteiger partial charge is 0.0431 e. The molecule has 1 N–H and O–H groups in total. The summed E-state index contributed by atoms with van der Waals surface area (Å²) < 4.78 is 0. The number of hydrogen-bond acceptors (Lipinski definition) is 1. The fraction of sp³-hybridized carbons (Fsp3) is 1.00. The molecule has 80 valence electrons. The summed E-state index contributed by atoms with van der Waals surface area (Å²) >= 11 is 0. The molecular formula is C12H26O. The van der Waals surface area contributed by atoms with Crippen LogP contribution >= 0.6 is 0 Å². The SMILES string of the molecule is CCCCCCCC(C)CCCO. The van der Waals surface area contributed by atoms with Gasteiger partial charge in [-0.15, -0.1) is 0 Å². The van der Waals surface area contributed by atoms with Crippen LogP contribution in [0.4, 0.5) is 0 Å². The van der Waals surface area contributed by atoms with E-state index in [0.29, 0.717) is 6.61 Å². The Morgan fingerprint density at radius 2 is 1.54 bits per heavy atom. The Morgan fingerprint density at radius 3 is 2.15 bits per heavy atom. The number of aliphatic hydroxyl groups excluding tert-OH is 1. The van der Waals surface area contributed by atoms with E-state index in [1.165, 1.54) is 44.9 Å². The molecule has 0 aromatic heterocycles. The molecule has 0 aromatic rings. The average Bonchev–Trinajstić information content (AvgIpc) is 2.14. The van der Waals surface area contributed by atoms with Gasteiger partial charge in [0.1, 0.15) is 0 Å². The molecule has 0 aliphatic rings. The summed E-state index contributed by atoms with van der Waals surface area (Å²) in [5.41, 5.74) is 0. The van der Waals surface area contributed by atoms with E-state index < -0.39 is 0 Å². The van der Waals surface area contributed by atoms with Crippen LogP contribution in [0.25, 0.3) is 0 Å². The molecule has 13 heavy (non-hydrogen) atoms. The molecule has 1 unspecified atom stereocenters. The third-order valence-electron chi connectivity index (χ3n) is 2.66. The Morgan fingerprint density at radius 1 is 0.923 bits per heavy atom. The van der Waals surface area contributed by atoms with E-state index in [1.54, 1.807) is 0 Å². The number of hydrogen-bond donors (Lipinski definition) is 1. The van der Waals surface area contributed by atoms with Gasteiger partial charge in [-0.05, 0) is 18.8 Å². The summed E-state index contributed by atoms with van der Waals surface area (Å²) in [6, 6.07) is 0. The maximum Gasteiger partial charge on any atom is 0.0431 e. The first-order valence-electron chi connectivity index (χ1n) is 5.92. The molecule has 1 atom stereocenters. The van der Waals surface area contributed by atoms with Gasteiger partial charge in [-0.3, -0.25) is 0 Å². The number of aliphatic hydroxyl groups is 1. The molecule has 0 fully saturated rings. The highest BCUT2D eigenvalue weighted by Crippen LogP contribution is 2.15. The van der Waals surface area contributed by atoms with Crippen LogP contribution in [0.5, 0.6) is 0 Å². The zero-order valence-corrected chi connectivity index (χ0v) is 9.39. The molecule has 0 heterocycles. The van der Waals surface area contributed by atoms with E-state index in [0.717, 1.165) is 12.3 Å². The Labute approximate surface area is 83.5 Å². The van der Waals surface area contributed by atoms with Gasteiger partial charge in [0.15, 0.2) is 0 Å². The van der Waals surface area contributed by atoms with E-state index in [-0.39, 0.29) is 0 Å². The first-order valence-corrected chi connectivity index (χ1v) is 5.92. The quantitative estimate of drug-likeness (QED) is 0.544. The zero-order chi connectivity index (χ0) is 9.94. The third kappa shape index (κ3) is 9.88. The van der Waals surface area contributed by atoms with Crippen LogP contribution in [-0.4, -0.2) is 11.7 Å². The third-order valence-corrected chi connectivity index (χ3v) is 2.66. The Hall–Kier alpha value is -0.0400. The summed E-state index contributed by atoms with van der Waals surface area (Å²) in [4.78, 5) is 0. The fourth-order valence-electron chi connectivity index (χ4n) is 1.68. The lowest BCUT2D eigenvalue weighted by Gasteiger charge is -2.09. The van der Waals surface area contributed by atoms with Crippen LogP contribution < -0.4 is 0 Å². The van der Waals surface area contributed by atoms with Crippen LogP contribution in [0.15, 0.2) is 0 Å². The van der Waals surface area contributed by atoms with E-state index in [2.05, 4.69) is 13.8 Å². The van der Waals surface area contributed by atoms with Crippen molar-refractivity contribution in [3.63, 3.8) is 0 Å². The van der Waals surface area contributed by atoms with Crippen molar-refractivity contribution in [3.8, 4) is 0 Å². The lowest BCUT2D eigenvalue weighted by molar-refractivity contribution is 0.270. The largest absolute Gasteiger partial charge is 0.396 e. The second-order valence-corrected chi connectivity index (χ2v) is 4.17. The molecule has 0 amide bonds. The molecular weight excluding hydrogens is 160 g/mol. The predicted molar refractivity (Wildman–Crippen MR) is 58.9 cm³/mol. The molecule has 0 spiro atoms. The lowest BCUT2D eigenvalue weighted by Crippen LogP contribution is -1.96. The van der Waals surface area contributed by atoms with Gasteiger partial charge in [-0.1, -0.05) is 52.4 Å². The maximum absolute atomic E-state index is 8.66. The van der Waals surface area contributed by atoms with Crippen molar-refractivity contribution in [1.82, 2.24) is 0 Å². The molecule has 0 rings (SSSR count). The number of unbranched alkanes of at least 4 members (excludes halogenated alkanes) is 4. The minimum Gasteiger partial charge on any atom is -0.396 e. The second kappa shape index (κ2) is 10.0. The van der Waals surface area contributed by atoms with Crippen LogP contribution in [-0.2, 0) is 0 Å². The maximum atomic E-state index is 8.66. The van der Waals surface area contributed by atoms with Gasteiger partial charge in [-0.2, -0.15) is 0 Å². The molecule has 1 nitrogen and oxygen atoms in total. The summed E-state index contributed by atoms with van der Waals surface area (Å²) in [7, 11) is 0. The lowest BCUT2D eigenvalue weighted by atomic mass is 9.98. The molecule has 0 aliphatic carbocycles. The Bertz CT molecular complexity index is 91.1. The fourth-order valence-corrected chi connectivity index (χ4v) is 1.68. The molecule has 0 radical (unpaired) electrons. The minimum atomic E-state index is 0.361. The summed E-state index contributed by atoms with van der Waals surface area (Å²) in [5, 5.41) is 8.66. The van der Waals surface area contributed by atoms with Crippen molar-refractivity contribution in [2.24, 2.45) is 5.92 Å². The highest BCUT2D eigenvalue weighted by molar-refractivity contribution is 4.54. The molecule has 0 aliphatic heterocycles. The topological polar surface area (TPSA) is 20.2 Å². The second-order valence-electron chi connectivity index (χ2n) is 4.17. The van der Waals surface area contributed by atoms with Crippen LogP contribution in [0.3, 0.4) is 0 Å². The normalized spacial score (nSPS) is 13.2. The summed E-state index contributed by atoms with van der Waals surface area (Å²) in [6.07, 6.45) is 10.4. The average molecular weight is 186 g/mol. The Balaban J connectivity index is 3.03. The molecule has 0 saturated carbocycles. The van der Waals surface area contributed by atoms with Crippen LogP contribution in [0.2, 0.25) is 0 Å². The van der Waals surface area contributed by atoms with Crippen molar-refractivity contribution in [1.29, 1.82) is 0 Å². The van der Waals surface area contributed by atoms with E-state index >= 15 is 0 Å². The zero-order valence-electron chi connectivity index (χ0n) is 9.39. The van der Waals surface area contributed by atoms with Crippen LogP contribution in [0, 0.1) is 5.92 Å². The van der Waals surface area contributed by atoms with Crippen molar-refractivity contribution >= 4 is 0 Å². The van der Waals surface area contributed by atoms with E-state index in [1.807, 2.05) is 0 Å². The van der Waals surface area contributed by atoms with Crippen molar-refractivity contribution in [3.05, 3.63) is 0 Å². The first-order chi connectivity index (χ1) is 6.31. The standard InChI is InChI=1S/C12H26O/c1-3-4-5-6-7-9-12(2)10-8-11-13/h12-13H,3-11H2,1-2H3. The summed E-state index contributed by atoms with van der Waals surface area (Å²) in [5.74, 6) is 0.814. The predicted octanol–water partition coefficient (Wildman–Crippen LogP) is 3.76. The van der Waals surface area contributed by atoms with Gasteiger partial charge in [0, 0.05) is 6.61 Å². The summed E-state index contributed by atoms with van der Waals surface area (Å²) in [6.45, 7) is 4.92. The number of rotatable bonds is 9. The van der Waals surface area contributed by atoms with Gasteiger partial charge in [0.2, 0.25) is 0 Å². The minimum absolute atomic E-state index is 0.361. The molecule has 0 saturated heterocycles. The van der Waals surface area contributed by atoms with Gasteiger partial charge in [-0.25, -0.2) is 0 Å². The van der Waals surface area contributed by atoms with Gasteiger partial charge < -0.3 is 5.11 Å². The van der Waals surface area contributed by atoms with Crippen molar-refractivity contribution in [2.45, 2.75) is 65.2 Å². The van der Waals surface area contributed by atoms with Crippen molar-refractivity contribution < 1.29 is 5.11 Å². The van der Waals surface area contributed by atoms with Gasteiger partial charge >= 0.3 is 0 Å². The highest BCUT2D eigenvalue weighted by Gasteiger charge is 2.00. The first kappa shape index (κ1) is 13.0. The van der Waals surface area contributed by atoms with Gasteiger partial charge in [0.05, 0.1) is 0 Å². The van der Waals surface area contributed by atoms with Crippen LogP contribution in [0.1, 0.15) is 65.2 Å². The van der Waals surface area contributed by atoms with Crippen molar-refractivity contribution in [2.75, 3.05) is 6.61 Å². The molecule has 0 aromatic carbocycles. The van der Waals surface area contributed by atoms with E-state index in [4.69, 9.17) is 5.11 Å². The molecule has 1 heteroatoms.